The van der Waals surface area contributed by atoms with E-state index in [4.69, 9.17) is 5.11 Å². The third-order valence-electron chi connectivity index (χ3n) is 1.33. The van der Waals surface area contributed by atoms with Crippen molar-refractivity contribution in [2.75, 3.05) is 20.8 Å². The van der Waals surface area contributed by atoms with E-state index in [9.17, 15) is 4.79 Å². The van der Waals surface area contributed by atoms with Crippen LogP contribution in [0.1, 0.15) is 13.3 Å². The third-order valence-corrected chi connectivity index (χ3v) is 1.33. The van der Waals surface area contributed by atoms with E-state index in [0.29, 0.717) is 6.42 Å². The number of nitrogens with zero attached hydrogens (tertiary/aromatic N) is 1. The van der Waals surface area contributed by atoms with E-state index in [-0.39, 0.29) is 17.1 Å². The van der Waals surface area contributed by atoms with Gasteiger partial charge in [-0.05, 0) is 0 Å². The molecule has 0 saturated heterocycles. The zero-order chi connectivity index (χ0) is 7.49. The van der Waals surface area contributed by atoms with Crippen molar-refractivity contribution in [3.8, 4) is 0 Å². The smallest absolute Gasteiger partial charge is 0.314 e. The van der Waals surface area contributed by atoms with Gasteiger partial charge in [0.25, 0.3) is 0 Å². The Hall–Kier alpha value is -0.410. The molecular weight excluding hydrogens is 118 g/mol. The first kappa shape index (κ1) is 8.59. The number of hydrogen-bond acceptors (Lipinski definition) is 2. The molecule has 54 valence electrons. The molecular formula is C6H14NO2+. The van der Waals surface area contributed by atoms with Crippen LogP contribution in [0.25, 0.3) is 0 Å². The zero-order valence-electron chi connectivity index (χ0n) is 6.22. The standard InChI is InChI=1S/C6H14NO2/c1-4-6(9)7(2,3)5-8/h8H,4-5H2,1-3H3/q+1. The van der Waals surface area contributed by atoms with Crippen molar-refractivity contribution in [3.63, 3.8) is 0 Å². The molecule has 0 unspecified atom stereocenters. The van der Waals surface area contributed by atoms with Gasteiger partial charge in [-0.15, -0.1) is 0 Å². The molecule has 0 atom stereocenters. The third kappa shape index (κ3) is 2.11. The van der Waals surface area contributed by atoms with Crippen molar-refractivity contribution in [3.05, 3.63) is 0 Å². The highest BCUT2D eigenvalue weighted by molar-refractivity contribution is 5.68. The number of rotatable bonds is 2. The number of amides is 1. The van der Waals surface area contributed by atoms with Crippen LogP contribution in [0.15, 0.2) is 0 Å². The molecule has 0 rings (SSSR count). The Balaban J connectivity index is 3.97. The van der Waals surface area contributed by atoms with Gasteiger partial charge in [-0.3, -0.25) is 0 Å². The van der Waals surface area contributed by atoms with Gasteiger partial charge in [-0.25, -0.2) is 9.28 Å². The van der Waals surface area contributed by atoms with Crippen LogP contribution in [0.4, 0.5) is 0 Å². The summed E-state index contributed by atoms with van der Waals surface area (Å²) in [6, 6.07) is 0. The quantitative estimate of drug-likeness (QED) is 0.422. The first-order chi connectivity index (χ1) is 4.04. The minimum Gasteiger partial charge on any atom is -0.347 e. The fourth-order valence-corrected chi connectivity index (χ4v) is 0.507. The number of hydrogen-bond donors (Lipinski definition) is 1. The Morgan fingerprint density at radius 1 is 1.56 bits per heavy atom. The molecule has 0 fully saturated rings. The van der Waals surface area contributed by atoms with Crippen LogP contribution >= 0.6 is 0 Å². The van der Waals surface area contributed by atoms with Crippen LogP contribution in [0.3, 0.4) is 0 Å². The predicted molar refractivity (Wildman–Crippen MR) is 34.5 cm³/mol. The molecule has 0 radical (unpaired) electrons. The van der Waals surface area contributed by atoms with Crippen molar-refractivity contribution in [2.45, 2.75) is 13.3 Å². The maximum absolute atomic E-state index is 10.9. The summed E-state index contributed by atoms with van der Waals surface area (Å²) < 4.78 is 0.0660. The zero-order valence-corrected chi connectivity index (χ0v) is 6.22. The van der Waals surface area contributed by atoms with Crippen molar-refractivity contribution in [1.29, 1.82) is 0 Å². The monoisotopic (exact) mass is 132 g/mol. The average molecular weight is 132 g/mol. The lowest BCUT2D eigenvalue weighted by Gasteiger charge is -2.22. The van der Waals surface area contributed by atoms with Gasteiger partial charge in [0.1, 0.15) is 0 Å². The number of quaternary nitrogens is 1. The molecule has 3 heteroatoms. The molecule has 0 aliphatic rings. The van der Waals surface area contributed by atoms with Gasteiger partial charge in [0.05, 0.1) is 20.5 Å². The lowest BCUT2D eigenvalue weighted by Crippen LogP contribution is -2.45. The van der Waals surface area contributed by atoms with Gasteiger partial charge in [0.15, 0.2) is 6.73 Å². The lowest BCUT2D eigenvalue weighted by molar-refractivity contribution is -0.835. The highest BCUT2D eigenvalue weighted by Crippen LogP contribution is 1.97. The number of carbonyl (C=O) groups excluding carboxylic acids is 1. The van der Waals surface area contributed by atoms with Gasteiger partial charge in [-0.2, -0.15) is 0 Å². The first-order valence-electron chi connectivity index (χ1n) is 3.02. The highest BCUT2D eigenvalue weighted by atomic mass is 16.3. The van der Waals surface area contributed by atoms with Crippen molar-refractivity contribution in [1.82, 2.24) is 0 Å². The van der Waals surface area contributed by atoms with E-state index >= 15 is 0 Å². The van der Waals surface area contributed by atoms with Gasteiger partial charge in [0.2, 0.25) is 0 Å². The molecule has 0 aliphatic carbocycles. The van der Waals surface area contributed by atoms with Crippen LogP contribution in [0, 0.1) is 0 Å². The summed E-state index contributed by atoms with van der Waals surface area (Å²) in [6.07, 6.45) is 0.480. The number of aliphatic hydroxyl groups excluding tert-OH is 1. The minimum absolute atomic E-state index is 0.0532. The van der Waals surface area contributed by atoms with E-state index < -0.39 is 0 Å². The van der Waals surface area contributed by atoms with Crippen LogP contribution in [0.2, 0.25) is 0 Å². The molecule has 0 aromatic carbocycles. The van der Waals surface area contributed by atoms with E-state index in [2.05, 4.69) is 0 Å². The molecule has 0 spiro atoms. The Kier molecular flexibility index (Phi) is 2.81. The van der Waals surface area contributed by atoms with Gasteiger partial charge >= 0.3 is 5.91 Å². The Morgan fingerprint density at radius 2 is 2.00 bits per heavy atom. The van der Waals surface area contributed by atoms with E-state index in [1.165, 1.54) is 0 Å². The second kappa shape index (κ2) is 2.94. The summed E-state index contributed by atoms with van der Waals surface area (Å²) in [6.45, 7) is 1.67. The molecule has 1 N–H and O–H groups in total. The van der Waals surface area contributed by atoms with Crippen molar-refractivity contribution >= 4 is 5.91 Å². The minimum atomic E-state index is -0.118. The van der Waals surface area contributed by atoms with Gasteiger partial charge in [-0.1, -0.05) is 6.92 Å². The Morgan fingerprint density at radius 3 is 2.11 bits per heavy atom. The molecule has 0 bridgehead atoms. The van der Waals surface area contributed by atoms with Crippen LogP contribution in [0.5, 0.6) is 0 Å². The van der Waals surface area contributed by atoms with Crippen molar-refractivity contribution in [2.24, 2.45) is 0 Å². The summed E-state index contributed by atoms with van der Waals surface area (Å²) in [5.74, 6) is 0.0532. The Bertz CT molecular complexity index is 110. The van der Waals surface area contributed by atoms with Crippen LogP contribution in [-0.2, 0) is 4.79 Å². The molecule has 0 saturated carbocycles. The second-order valence-corrected chi connectivity index (χ2v) is 2.57. The largest absolute Gasteiger partial charge is 0.347 e. The maximum Gasteiger partial charge on any atom is 0.314 e. The summed E-state index contributed by atoms with van der Waals surface area (Å²) in [5, 5.41) is 8.65. The SMILES string of the molecule is CCC(=O)[N+](C)(C)CO. The lowest BCUT2D eigenvalue weighted by atomic mass is 10.4. The van der Waals surface area contributed by atoms with E-state index in [1.54, 1.807) is 21.0 Å². The molecule has 0 aliphatic heterocycles. The molecule has 0 aromatic rings. The van der Waals surface area contributed by atoms with Crippen LogP contribution < -0.4 is 0 Å². The first-order valence-corrected chi connectivity index (χ1v) is 3.02. The molecule has 3 nitrogen and oxygen atoms in total. The van der Waals surface area contributed by atoms with E-state index in [1.807, 2.05) is 0 Å². The Labute approximate surface area is 55.5 Å². The normalized spacial score (nSPS) is 11.6. The van der Waals surface area contributed by atoms with Gasteiger partial charge < -0.3 is 5.11 Å². The molecule has 9 heavy (non-hydrogen) atoms. The average Bonchev–Trinajstić information content (AvgIpc) is 1.86. The van der Waals surface area contributed by atoms with Crippen LogP contribution in [-0.4, -0.2) is 36.3 Å². The summed E-state index contributed by atoms with van der Waals surface area (Å²) in [5.41, 5.74) is 0. The fraction of sp³-hybridized carbons (Fsp3) is 0.833. The number of carbonyl (C=O) groups is 1. The topological polar surface area (TPSA) is 37.3 Å². The highest BCUT2D eigenvalue weighted by Gasteiger charge is 2.21. The summed E-state index contributed by atoms with van der Waals surface area (Å²) >= 11 is 0. The summed E-state index contributed by atoms with van der Waals surface area (Å²) in [7, 11) is 3.37. The maximum atomic E-state index is 10.9. The molecule has 1 amide bonds. The fourth-order valence-electron chi connectivity index (χ4n) is 0.507. The van der Waals surface area contributed by atoms with Gasteiger partial charge in [0, 0.05) is 0 Å². The second-order valence-electron chi connectivity index (χ2n) is 2.57. The van der Waals surface area contributed by atoms with E-state index in [0.717, 1.165) is 0 Å². The van der Waals surface area contributed by atoms with Crippen molar-refractivity contribution < 1.29 is 14.4 Å². The number of aliphatic hydroxyl groups is 1. The predicted octanol–water partition coefficient (Wildman–Crippen LogP) is -0.0508. The molecule has 0 aromatic heterocycles. The molecule has 0 heterocycles. The summed E-state index contributed by atoms with van der Waals surface area (Å²) in [4.78, 5) is 10.9.